The second-order valence-corrected chi connectivity index (χ2v) is 22.2. The van der Waals surface area contributed by atoms with Crippen LogP contribution in [0.25, 0.3) is 10.4 Å². The van der Waals surface area contributed by atoms with Gasteiger partial charge in [-0.25, -0.2) is 19.7 Å². The predicted molar refractivity (Wildman–Crippen MR) is 284 cm³/mol. The number of nitrogens with one attached hydrogen (secondary N) is 3. The van der Waals surface area contributed by atoms with Crippen LogP contribution >= 0.6 is 11.3 Å². The third-order valence-electron chi connectivity index (χ3n) is 14.9. The van der Waals surface area contributed by atoms with Gasteiger partial charge in [0, 0.05) is 84.4 Å². The number of likely N-dealkylation sites (tertiary alicyclic amines) is 2. The van der Waals surface area contributed by atoms with Gasteiger partial charge in [-0.15, -0.1) is 11.3 Å². The average molecular weight is 1030 g/mol. The minimum absolute atomic E-state index is 0.00230. The van der Waals surface area contributed by atoms with E-state index in [1.807, 2.05) is 86.5 Å². The van der Waals surface area contributed by atoms with Crippen LogP contribution < -0.4 is 26.6 Å². The first-order valence-corrected chi connectivity index (χ1v) is 26.9. The molecule has 4 fully saturated rings. The zero-order valence-electron chi connectivity index (χ0n) is 43.3. The molecule has 6 heterocycles. The molecular weight excluding hydrogens is 961 g/mol. The number of hydrogen-bond donors (Lipinski definition) is 5. The number of benzene rings is 2. The van der Waals surface area contributed by atoms with Crippen LogP contribution in [-0.4, -0.2) is 152 Å². The molecule has 8 rings (SSSR count). The van der Waals surface area contributed by atoms with Crippen LogP contribution in [0.1, 0.15) is 118 Å². The number of carbonyl (C=O) groups excluding carboxylic acids is 6. The van der Waals surface area contributed by atoms with Crippen molar-refractivity contribution in [1.29, 1.82) is 0 Å². The first-order chi connectivity index (χ1) is 35.4. The topological polar surface area (TPSA) is 240 Å². The van der Waals surface area contributed by atoms with Gasteiger partial charge in [0.1, 0.15) is 17.9 Å². The number of piperidine rings is 2. The van der Waals surface area contributed by atoms with Crippen molar-refractivity contribution in [2.45, 2.75) is 129 Å². The third kappa shape index (κ3) is 13.0. The summed E-state index contributed by atoms with van der Waals surface area (Å²) in [5.41, 5.74) is 11.7. The molecule has 74 heavy (non-hydrogen) atoms. The number of amides is 7. The molecule has 0 saturated carbocycles. The highest BCUT2D eigenvalue weighted by Crippen LogP contribution is 2.32. The lowest BCUT2D eigenvalue weighted by molar-refractivity contribution is -0.144. The van der Waals surface area contributed by atoms with E-state index in [2.05, 4.69) is 43.0 Å². The van der Waals surface area contributed by atoms with E-state index in [-0.39, 0.29) is 73.2 Å². The molecule has 4 aliphatic heterocycles. The number of nitrogens with two attached hydrogens (primary N) is 1. The minimum atomic E-state index is -0.913. The number of nitrogens with zero attached hydrogens (tertiary/aromatic N) is 8. The van der Waals surface area contributed by atoms with Crippen molar-refractivity contribution in [2.24, 2.45) is 11.1 Å². The van der Waals surface area contributed by atoms with Crippen LogP contribution in [0.5, 0.6) is 0 Å². The van der Waals surface area contributed by atoms with Crippen LogP contribution in [0.4, 0.5) is 22.1 Å². The Labute approximate surface area is 437 Å². The fraction of sp³-hybridized carbons (Fsp3) is 0.537. The van der Waals surface area contributed by atoms with Gasteiger partial charge in [-0.3, -0.25) is 24.0 Å². The molecule has 4 aromatic rings. The maximum atomic E-state index is 14.1. The summed E-state index contributed by atoms with van der Waals surface area (Å²) in [6.07, 6.45) is 6.72. The Bertz CT molecular complexity index is 2650. The maximum Gasteiger partial charge on any atom is 0.320 e. The van der Waals surface area contributed by atoms with Crippen LogP contribution in [0, 0.1) is 12.3 Å². The molecule has 4 saturated heterocycles. The molecule has 0 spiro atoms. The van der Waals surface area contributed by atoms with Crippen LogP contribution in [0.3, 0.4) is 0 Å². The van der Waals surface area contributed by atoms with Crippen molar-refractivity contribution >= 4 is 64.2 Å². The third-order valence-corrected chi connectivity index (χ3v) is 15.9. The average Bonchev–Trinajstić information content (AvgIpc) is 4.11. The number of likely N-dealkylation sites (N-methyl/N-ethyl adjacent to an activating group) is 1. The zero-order chi connectivity index (χ0) is 52.7. The molecule has 0 bridgehead atoms. The molecule has 7 amide bonds. The van der Waals surface area contributed by atoms with E-state index in [0.717, 1.165) is 65.2 Å². The standard InChI is InChI=1S/C54H72N12O7S/c1-34-47(74-33-58-34)38-15-13-35(14-16-38)29-57-51(71)42-28-41(67)32-66(42)52(72)48(54(2,3)4)61-44(68)11-7-6-8-12-45(69)63-24-21-37(22-25-63)36-17-19-39(20-18-36)59-50-46(49(55)70)56-30-43(60-50)64-23-9-10-40(31-64)65-27-26-62(5)53(65)73/h13-20,30,33,37,40-42,48,67H,6-12,21-29,31-32H2,1-5H3,(H2,55,70)(H,57,71)(H,59,60)(H,61,68)/t40-,41-,42+,48-/m1/s1. The van der Waals surface area contributed by atoms with Gasteiger partial charge >= 0.3 is 6.03 Å². The number of urea groups is 1. The van der Waals surface area contributed by atoms with E-state index in [1.165, 1.54) is 4.90 Å². The molecule has 0 radical (unpaired) electrons. The van der Waals surface area contributed by atoms with Crippen LogP contribution in [0.15, 0.2) is 60.2 Å². The molecule has 19 nitrogen and oxygen atoms in total. The number of aliphatic hydroxyl groups is 1. The summed E-state index contributed by atoms with van der Waals surface area (Å²) >= 11 is 1.57. The summed E-state index contributed by atoms with van der Waals surface area (Å²) in [6.45, 7) is 11.9. The predicted octanol–water partition coefficient (Wildman–Crippen LogP) is 5.55. The number of β-amino-alcohol motifs (C(OH)–C–C–N with tert-alkyl or cyclic N) is 1. The lowest BCUT2D eigenvalue weighted by Gasteiger charge is -2.37. The van der Waals surface area contributed by atoms with Crippen LogP contribution in [-0.2, 0) is 25.7 Å². The fourth-order valence-electron chi connectivity index (χ4n) is 10.6. The molecule has 2 aromatic heterocycles. The lowest BCUT2D eigenvalue weighted by Crippen LogP contribution is -2.57. The smallest absolute Gasteiger partial charge is 0.320 e. The number of aromatic nitrogens is 3. The number of carbonyl (C=O) groups is 6. The Morgan fingerprint density at radius 1 is 0.892 bits per heavy atom. The van der Waals surface area contributed by atoms with Gasteiger partial charge in [-0.05, 0) is 85.6 Å². The van der Waals surface area contributed by atoms with Gasteiger partial charge < -0.3 is 51.3 Å². The van der Waals surface area contributed by atoms with Crippen molar-refractivity contribution in [3.63, 3.8) is 0 Å². The Balaban J connectivity index is 0.750. The molecule has 0 aliphatic carbocycles. The summed E-state index contributed by atoms with van der Waals surface area (Å²) in [6, 6.07) is 14.2. The number of rotatable bonds is 18. The number of aryl methyl sites for hydroxylation is 1. The van der Waals surface area contributed by atoms with E-state index in [4.69, 9.17) is 10.7 Å². The van der Waals surface area contributed by atoms with Gasteiger partial charge in [-0.1, -0.05) is 63.6 Å². The lowest BCUT2D eigenvalue weighted by atomic mass is 9.85. The molecule has 0 unspecified atom stereocenters. The summed E-state index contributed by atoms with van der Waals surface area (Å²) in [7, 11) is 1.82. The second-order valence-electron chi connectivity index (χ2n) is 21.3. The summed E-state index contributed by atoms with van der Waals surface area (Å²) < 4.78 is 0. The van der Waals surface area contributed by atoms with Crippen molar-refractivity contribution in [2.75, 3.05) is 63.1 Å². The number of thiazole rings is 1. The SMILES string of the molecule is Cc1ncsc1-c1ccc(CNC(=O)[C@@H]2C[C@@H](O)CN2C(=O)[C@@H](NC(=O)CCCCCC(=O)N2CCC(c3ccc(Nc4nc(N5CCC[C@@H](N6CCN(C)C6=O)C5)cnc4C(N)=O)cc3)CC2)C(C)(C)C)cc1. The number of primary amides is 1. The number of aliphatic hydroxyl groups excluding tert-OH is 1. The van der Waals surface area contributed by atoms with Gasteiger partial charge in [0.15, 0.2) is 11.5 Å². The second kappa shape index (κ2) is 23.7. The van der Waals surface area contributed by atoms with Crippen molar-refractivity contribution < 1.29 is 33.9 Å². The molecule has 4 aliphatic rings. The highest BCUT2D eigenvalue weighted by molar-refractivity contribution is 7.13. The molecule has 20 heteroatoms. The Morgan fingerprint density at radius 3 is 2.28 bits per heavy atom. The monoisotopic (exact) mass is 1030 g/mol. The Morgan fingerprint density at radius 2 is 1.62 bits per heavy atom. The molecule has 6 N–H and O–H groups in total. The van der Waals surface area contributed by atoms with Crippen molar-refractivity contribution in [1.82, 2.24) is 45.2 Å². The number of hydrogen-bond acceptors (Lipinski definition) is 13. The molecular formula is C54H72N12O7S. The molecule has 4 atom stereocenters. The summed E-state index contributed by atoms with van der Waals surface area (Å²) in [4.78, 5) is 103. The van der Waals surface area contributed by atoms with Crippen molar-refractivity contribution in [3.05, 3.63) is 82.8 Å². The summed E-state index contributed by atoms with van der Waals surface area (Å²) in [5.74, 6) is -0.471. The minimum Gasteiger partial charge on any atom is -0.391 e. The largest absolute Gasteiger partial charge is 0.391 e. The van der Waals surface area contributed by atoms with Gasteiger partial charge in [0.2, 0.25) is 23.6 Å². The number of unbranched alkanes of at least 4 members (excludes halogenated alkanes) is 2. The normalized spacial score (nSPS) is 19.9. The molecule has 2 aromatic carbocycles. The van der Waals surface area contributed by atoms with Crippen molar-refractivity contribution in [3.8, 4) is 10.4 Å². The maximum absolute atomic E-state index is 14.1. The first-order valence-electron chi connectivity index (χ1n) is 26.1. The van der Waals surface area contributed by atoms with E-state index < -0.39 is 35.4 Å². The number of anilines is 3. The quantitative estimate of drug-likeness (QED) is 0.0771. The highest BCUT2D eigenvalue weighted by atomic mass is 32.1. The van der Waals surface area contributed by atoms with Crippen LogP contribution in [0.2, 0.25) is 0 Å². The Hall–Kier alpha value is -6.67. The van der Waals surface area contributed by atoms with E-state index in [9.17, 15) is 33.9 Å². The van der Waals surface area contributed by atoms with E-state index >= 15 is 0 Å². The Kier molecular flexibility index (Phi) is 17.2. The van der Waals surface area contributed by atoms with E-state index in [1.54, 1.807) is 22.4 Å². The zero-order valence-corrected chi connectivity index (χ0v) is 44.2. The van der Waals surface area contributed by atoms with E-state index in [0.29, 0.717) is 64.2 Å². The van der Waals surface area contributed by atoms with Gasteiger partial charge in [0.25, 0.3) is 5.91 Å². The van der Waals surface area contributed by atoms with Gasteiger partial charge in [0.05, 0.1) is 34.4 Å². The first kappa shape index (κ1) is 53.6. The molecule has 396 valence electrons. The fourth-order valence-corrected chi connectivity index (χ4v) is 11.4. The highest BCUT2D eigenvalue weighted by Gasteiger charge is 2.44. The summed E-state index contributed by atoms with van der Waals surface area (Å²) in [5, 5.41) is 19.8. The van der Waals surface area contributed by atoms with Gasteiger partial charge in [-0.2, -0.15) is 0 Å².